The van der Waals surface area contributed by atoms with Gasteiger partial charge in [-0.25, -0.2) is 0 Å². The van der Waals surface area contributed by atoms with Crippen molar-refractivity contribution in [3.05, 3.63) is 101 Å². The topological polar surface area (TPSA) is 52.7 Å². The van der Waals surface area contributed by atoms with E-state index in [1.807, 2.05) is 75.4 Å². The first kappa shape index (κ1) is 27.4. The quantitative estimate of drug-likeness (QED) is 0.396. The molecule has 0 bridgehead atoms. The van der Waals surface area contributed by atoms with Gasteiger partial charge in [-0.05, 0) is 74.9 Å². The van der Waals surface area contributed by atoms with E-state index in [-0.39, 0.29) is 24.4 Å². The Kier molecular flexibility index (Phi) is 9.22. The molecule has 2 aliphatic rings. The fourth-order valence-corrected chi connectivity index (χ4v) is 5.69. The van der Waals surface area contributed by atoms with Crippen molar-refractivity contribution in [1.82, 2.24) is 10.2 Å². The number of nitrogens with one attached hydrogen (secondary N) is 1. The molecule has 0 saturated heterocycles. The zero-order valence-electron chi connectivity index (χ0n) is 23.1. The van der Waals surface area contributed by atoms with Crippen molar-refractivity contribution in [3.63, 3.8) is 0 Å². The Morgan fingerprint density at radius 2 is 1.82 bits per heavy atom. The summed E-state index contributed by atoms with van der Waals surface area (Å²) in [6.07, 6.45) is 12.0. The molecule has 2 amide bonds. The summed E-state index contributed by atoms with van der Waals surface area (Å²) in [5.74, 6) is -0.238. The zero-order chi connectivity index (χ0) is 27.1. The molecule has 38 heavy (non-hydrogen) atoms. The first-order valence-electron chi connectivity index (χ1n) is 13.9. The highest BCUT2D eigenvalue weighted by Gasteiger charge is 2.36. The second-order valence-electron chi connectivity index (χ2n) is 10.6. The highest BCUT2D eigenvalue weighted by molar-refractivity contribution is 5.92. The van der Waals surface area contributed by atoms with E-state index in [0.717, 1.165) is 61.0 Å². The van der Waals surface area contributed by atoms with Crippen molar-refractivity contribution in [2.24, 2.45) is 0 Å². The van der Waals surface area contributed by atoms with Crippen molar-refractivity contribution < 1.29 is 9.59 Å². The molecule has 0 radical (unpaired) electrons. The van der Waals surface area contributed by atoms with Crippen molar-refractivity contribution >= 4 is 17.5 Å². The maximum Gasteiger partial charge on any atom is 0.248 e. The van der Waals surface area contributed by atoms with Gasteiger partial charge in [-0.2, -0.15) is 0 Å². The highest BCUT2D eigenvalue weighted by atomic mass is 16.2. The largest absolute Gasteiger partial charge is 0.362 e. The third-order valence-corrected chi connectivity index (χ3v) is 7.53. The van der Waals surface area contributed by atoms with E-state index in [9.17, 15) is 9.59 Å². The van der Waals surface area contributed by atoms with Crippen LogP contribution in [0.4, 0.5) is 5.69 Å². The monoisotopic (exact) mass is 511 g/mol. The fraction of sp³-hybridized carbons (Fsp3) is 0.394. The number of allylic oxidation sites excluding steroid dienone is 4. The van der Waals surface area contributed by atoms with E-state index in [0.29, 0.717) is 5.70 Å². The number of carbonyl (C=O) groups is 2. The molecule has 1 N–H and O–H groups in total. The highest BCUT2D eigenvalue weighted by Crippen LogP contribution is 2.32. The number of fused-ring (bicyclic) bond motifs is 1. The number of rotatable bonds is 9. The SMILES string of the molecule is C=C(C)C=C(C=CC)N(C(=O)CN1CCc2ccccc21)C(C(=O)NC1CCCCC1)c1ccccc1C. The number of hydrogen-bond acceptors (Lipinski definition) is 3. The summed E-state index contributed by atoms with van der Waals surface area (Å²) in [5.41, 5.74) is 5.66. The molecule has 4 rings (SSSR count). The van der Waals surface area contributed by atoms with Crippen molar-refractivity contribution in [2.75, 3.05) is 18.0 Å². The number of benzene rings is 2. The van der Waals surface area contributed by atoms with Crippen molar-refractivity contribution in [1.29, 1.82) is 0 Å². The summed E-state index contributed by atoms with van der Waals surface area (Å²) in [4.78, 5) is 32.3. The van der Waals surface area contributed by atoms with Crippen molar-refractivity contribution in [3.8, 4) is 0 Å². The first-order valence-corrected chi connectivity index (χ1v) is 13.9. The molecule has 2 aromatic carbocycles. The number of aryl methyl sites for hydroxylation is 1. The molecule has 1 unspecified atom stereocenters. The Bertz CT molecular complexity index is 1220. The minimum Gasteiger partial charge on any atom is -0.362 e. The van der Waals surface area contributed by atoms with Crippen LogP contribution in [0.2, 0.25) is 0 Å². The van der Waals surface area contributed by atoms with Crippen LogP contribution in [0.1, 0.15) is 68.7 Å². The summed E-state index contributed by atoms with van der Waals surface area (Å²) >= 11 is 0. The number of anilines is 1. The van der Waals surface area contributed by atoms with Gasteiger partial charge in [0, 0.05) is 24.0 Å². The number of para-hydroxylation sites is 1. The molecule has 2 aromatic rings. The second kappa shape index (κ2) is 12.8. The number of nitrogens with zero attached hydrogens (tertiary/aromatic N) is 2. The van der Waals surface area contributed by atoms with Gasteiger partial charge in [-0.15, -0.1) is 0 Å². The summed E-state index contributed by atoms with van der Waals surface area (Å²) in [6.45, 7) is 10.9. The molecule has 1 aliphatic carbocycles. The Labute approximate surface area is 227 Å². The summed E-state index contributed by atoms with van der Waals surface area (Å²) in [7, 11) is 0. The summed E-state index contributed by atoms with van der Waals surface area (Å²) in [5, 5.41) is 3.32. The van der Waals surface area contributed by atoms with Gasteiger partial charge in [-0.1, -0.05) is 80.0 Å². The Hall–Kier alpha value is -3.60. The Morgan fingerprint density at radius 3 is 2.53 bits per heavy atom. The van der Waals surface area contributed by atoms with Crippen LogP contribution in [0.3, 0.4) is 0 Å². The molecule has 200 valence electrons. The van der Waals surface area contributed by atoms with Crippen LogP contribution in [0.25, 0.3) is 0 Å². The van der Waals surface area contributed by atoms with Gasteiger partial charge in [0.2, 0.25) is 11.8 Å². The molecule has 0 spiro atoms. The molecule has 5 nitrogen and oxygen atoms in total. The first-order chi connectivity index (χ1) is 18.4. The second-order valence-corrected chi connectivity index (χ2v) is 10.6. The number of carbonyl (C=O) groups excluding carboxylic acids is 2. The molecule has 5 heteroatoms. The Balaban J connectivity index is 1.77. The minimum absolute atomic E-state index is 0.112. The van der Waals surface area contributed by atoms with Crippen LogP contribution in [-0.4, -0.2) is 35.8 Å². The maximum absolute atomic E-state index is 14.3. The smallest absolute Gasteiger partial charge is 0.248 e. The molecule has 1 atom stereocenters. The molecular weight excluding hydrogens is 470 g/mol. The Morgan fingerprint density at radius 1 is 1.11 bits per heavy atom. The fourth-order valence-electron chi connectivity index (χ4n) is 5.69. The lowest BCUT2D eigenvalue weighted by Crippen LogP contribution is -2.49. The van der Waals surface area contributed by atoms with E-state index in [4.69, 9.17) is 0 Å². The van der Waals surface area contributed by atoms with Gasteiger partial charge >= 0.3 is 0 Å². The minimum atomic E-state index is -0.787. The van der Waals surface area contributed by atoms with Gasteiger partial charge in [0.25, 0.3) is 0 Å². The predicted molar refractivity (Wildman–Crippen MR) is 156 cm³/mol. The zero-order valence-corrected chi connectivity index (χ0v) is 23.1. The van der Waals surface area contributed by atoms with Gasteiger partial charge in [0.05, 0.1) is 6.54 Å². The average molecular weight is 512 g/mol. The predicted octanol–water partition coefficient (Wildman–Crippen LogP) is 6.41. The molecule has 1 fully saturated rings. The third-order valence-electron chi connectivity index (χ3n) is 7.53. The number of amides is 2. The van der Waals surface area contributed by atoms with E-state index in [1.165, 1.54) is 12.0 Å². The van der Waals surface area contributed by atoms with Crippen molar-refractivity contribution in [2.45, 2.75) is 71.4 Å². The van der Waals surface area contributed by atoms with Crippen LogP contribution in [0, 0.1) is 6.92 Å². The lowest BCUT2D eigenvalue weighted by atomic mass is 9.93. The van der Waals surface area contributed by atoms with Crippen LogP contribution >= 0.6 is 0 Å². The lowest BCUT2D eigenvalue weighted by Gasteiger charge is -2.36. The number of hydrogen-bond donors (Lipinski definition) is 1. The molecule has 0 aromatic heterocycles. The molecule has 1 saturated carbocycles. The van der Waals surface area contributed by atoms with Gasteiger partial charge in [0.15, 0.2) is 0 Å². The van der Waals surface area contributed by atoms with Crippen LogP contribution in [0.15, 0.2) is 84.6 Å². The van der Waals surface area contributed by atoms with E-state index in [2.05, 4.69) is 28.9 Å². The maximum atomic E-state index is 14.3. The van der Waals surface area contributed by atoms with E-state index < -0.39 is 6.04 Å². The normalized spacial score (nSPS) is 16.8. The molecule has 1 aliphatic heterocycles. The van der Waals surface area contributed by atoms with Gasteiger partial charge < -0.3 is 10.2 Å². The van der Waals surface area contributed by atoms with Gasteiger partial charge in [-0.3, -0.25) is 14.5 Å². The standard InChI is InChI=1S/C33H41N3O2/c1-5-13-28(22-24(2)3)36(31(37)23-35-21-20-26-15-10-12-19-30(26)35)32(29-18-11-9-14-25(29)4)33(38)34-27-16-7-6-8-17-27/h5,9-15,18-19,22,27,32H,2,6-8,16-17,20-21,23H2,1,3-4H3,(H,34,38). The van der Waals surface area contributed by atoms with E-state index >= 15 is 0 Å². The van der Waals surface area contributed by atoms with E-state index in [1.54, 1.807) is 4.90 Å². The van der Waals surface area contributed by atoms with Crippen LogP contribution in [-0.2, 0) is 16.0 Å². The third kappa shape index (κ3) is 6.45. The van der Waals surface area contributed by atoms with Gasteiger partial charge in [0.1, 0.15) is 6.04 Å². The molecule has 1 heterocycles. The van der Waals surface area contributed by atoms with Crippen LogP contribution < -0.4 is 10.2 Å². The molecular formula is C33H41N3O2. The lowest BCUT2D eigenvalue weighted by molar-refractivity contribution is -0.137. The van der Waals surface area contributed by atoms with Crippen LogP contribution in [0.5, 0.6) is 0 Å². The average Bonchev–Trinajstić information content (AvgIpc) is 3.30. The summed E-state index contributed by atoms with van der Waals surface area (Å²) in [6, 6.07) is 15.5. The summed E-state index contributed by atoms with van der Waals surface area (Å²) < 4.78 is 0.